The Morgan fingerprint density at radius 3 is 3.21 bits per heavy atom. The molecule has 0 fully saturated rings. The highest BCUT2D eigenvalue weighted by molar-refractivity contribution is 7.07. The summed E-state index contributed by atoms with van der Waals surface area (Å²) in [7, 11) is 0. The molecule has 0 amide bonds. The molecule has 19 heavy (non-hydrogen) atoms. The van der Waals surface area contributed by atoms with Gasteiger partial charge in [-0.05, 0) is 35.7 Å². The molecule has 0 bridgehead atoms. The molecule has 0 aromatic carbocycles. The Morgan fingerprint density at radius 1 is 1.53 bits per heavy atom. The van der Waals surface area contributed by atoms with Crippen LogP contribution in [0.2, 0.25) is 0 Å². The van der Waals surface area contributed by atoms with Gasteiger partial charge >= 0.3 is 0 Å². The fourth-order valence-corrected chi connectivity index (χ4v) is 2.78. The van der Waals surface area contributed by atoms with Crippen LogP contribution >= 0.6 is 11.3 Å². The van der Waals surface area contributed by atoms with E-state index in [1.165, 1.54) is 5.56 Å². The van der Waals surface area contributed by atoms with Crippen LogP contribution in [0.4, 0.5) is 11.6 Å². The molecule has 3 rings (SSSR count). The third-order valence-corrected chi connectivity index (χ3v) is 3.63. The molecule has 1 unspecified atom stereocenters. The SMILES string of the molecule is CC(Cc1ccsc1)Nc1nc(N)cn2ccnc12. The van der Waals surface area contributed by atoms with Crippen LogP contribution in [0.5, 0.6) is 0 Å². The van der Waals surface area contributed by atoms with Gasteiger partial charge in [-0.25, -0.2) is 9.97 Å². The van der Waals surface area contributed by atoms with Gasteiger partial charge in [-0.1, -0.05) is 0 Å². The lowest BCUT2D eigenvalue weighted by atomic mass is 10.1. The van der Waals surface area contributed by atoms with E-state index in [4.69, 9.17) is 5.73 Å². The van der Waals surface area contributed by atoms with Gasteiger partial charge in [-0.3, -0.25) is 0 Å². The van der Waals surface area contributed by atoms with Gasteiger partial charge in [0.15, 0.2) is 11.5 Å². The Hall–Kier alpha value is -2.08. The third kappa shape index (κ3) is 2.53. The van der Waals surface area contributed by atoms with Crippen LogP contribution in [-0.4, -0.2) is 20.4 Å². The van der Waals surface area contributed by atoms with E-state index in [0.29, 0.717) is 5.82 Å². The Labute approximate surface area is 115 Å². The van der Waals surface area contributed by atoms with Crippen molar-refractivity contribution >= 4 is 28.6 Å². The average molecular weight is 273 g/mol. The monoisotopic (exact) mass is 273 g/mol. The second kappa shape index (κ2) is 4.89. The van der Waals surface area contributed by atoms with Crippen LogP contribution in [0.15, 0.2) is 35.4 Å². The number of nitrogens with two attached hydrogens (primary N) is 1. The van der Waals surface area contributed by atoms with Crippen molar-refractivity contribution in [1.82, 2.24) is 14.4 Å². The molecule has 0 saturated carbocycles. The van der Waals surface area contributed by atoms with Crippen molar-refractivity contribution in [2.24, 2.45) is 0 Å². The van der Waals surface area contributed by atoms with Crippen molar-refractivity contribution in [2.45, 2.75) is 19.4 Å². The summed E-state index contributed by atoms with van der Waals surface area (Å²) >= 11 is 1.71. The van der Waals surface area contributed by atoms with Gasteiger partial charge in [-0.15, -0.1) is 0 Å². The van der Waals surface area contributed by atoms with Gasteiger partial charge in [0, 0.05) is 18.4 Å². The summed E-state index contributed by atoms with van der Waals surface area (Å²) in [6, 6.07) is 2.41. The molecule has 0 spiro atoms. The summed E-state index contributed by atoms with van der Waals surface area (Å²) in [6.45, 7) is 2.13. The van der Waals surface area contributed by atoms with E-state index < -0.39 is 0 Å². The first-order valence-electron chi connectivity index (χ1n) is 6.09. The zero-order chi connectivity index (χ0) is 13.2. The predicted octanol–water partition coefficient (Wildman–Crippen LogP) is 2.42. The van der Waals surface area contributed by atoms with Crippen LogP contribution in [0.1, 0.15) is 12.5 Å². The number of thiophene rings is 1. The van der Waals surface area contributed by atoms with Gasteiger partial charge in [0.05, 0.1) is 6.20 Å². The maximum atomic E-state index is 5.80. The van der Waals surface area contributed by atoms with Crippen molar-refractivity contribution in [1.29, 1.82) is 0 Å². The average Bonchev–Trinajstić information content (AvgIpc) is 2.99. The number of fused-ring (bicyclic) bond motifs is 1. The van der Waals surface area contributed by atoms with Crippen LogP contribution in [0.25, 0.3) is 5.65 Å². The van der Waals surface area contributed by atoms with Gasteiger partial charge in [0.2, 0.25) is 0 Å². The first-order valence-corrected chi connectivity index (χ1v) is 7.03. The second-order valence-electron chi connectivity index (χ2n) is 4.55. The molecule has 98 valence electrons. The number of rotatable bonds is 4. The highest BCUT2D eigenvalue weighted by Gasteiger charge is 2.10. The number of nitrogens with zero attached hydrogens (tertiary/aromatic N) is 3. The first-order chi connectivity index (χ1) is 9.22. The number of hydrogen-bond acceptors (Lipinski definition) is 5. The maximum Gasteiger partial charge on any atom is 0.180 e. The van der Waals surface area contributed by atoms with E-state index in [9.17, 15) is 0 Å². The molecule has 3 heterocycles. The molecule has 0 saturated heterocycles. The lowest BCUT2D eigenvalue weighted by Gasteiger charge is -2.14. The van der Waals surface area contributed by atoms with E-state index in [2.05, 4.69) is 39.0 Å². The largest absolute Gasteiger partial charge is 0.382 e. The van der Waals surface area contributed by atoms with Crippen molar-refractivity contribution in [3.8, 4) is 0 Å². The minimum atomic E-state index is 0.268. The molecule has 1 atom stereocenters. The van der Waals surface area contributed by atoms with E-state index in [-0.39, 0.29) is 6.04 Å². The molecule has 0 aliphatic rings. The number of nitrogen functional groups attached to an aromatic ring is 1. The van der Waals surface area contributed by atoms with Gasteiger partial charge < -0.3 is 15.5 Å². The maximum absolute atomic E-state index is 5.80. The third-order valence-electron chi connectivity index (χ3n) is 2.90. The fourth-order valence-electron chi connectivity index (χ4n) is 2.09. The highest BCUT2D eigenvalue weighted by atomic mass is 32.1. The quantitative estimate of drug-likeness (QED) is 0.766. The molecule has 6 heteroatoms. The van der Waals surface area contributed by atoms with E-state index in [0.717, 1.165) is 17.9 Å². The fraction of sp³-hybridized carbons (Fsp3) is 0.231. The van der Waals surface area contributed by atoms with Crippen molar-refractivity contribution in [3.63, 3.8) is 0 Å². The number of imidazole rings is 1. The zero-order valence-electron chi connectivity index (χ0n) is 10.6. The molecular weight excluding hydrogens is 258 g/mol. The summed E-state index contributed by atoms with van der Waals surface area (Å²) in [5.41, 5.74) is 7.92. The summed E-state index contributed by atoms with van der Waals surface area (Å²) in [5.74, 6) is 1.21. The lowest BCUT2D eigenvalue weighted by Crippen LogP contribution is -2.19. The first kappa shape index (κ1) is 12.0. The van der Waals surface area contributed by atoms with Crippen LogP contribution in [-0.2, 0) is 6.42 Å². The smallest absolute Gasteiger partial charge is 0.180 e. The molecule has 3 aromatic rings. The minimum absolute atomic E-state index is 0.268. The van der Waals surface area contributed by atoms with Gasteiger partial charge in [-0.2, -0.15) is 11.3 Å². The van der Waals surface area contributed by atoms with Crippen LogP contribution in [0, 0.1) is 0 Å². The number of nitrogens with one attached hydrogen (secondary N) is 1. The van der Waals surface area contributed by atoms with Crippen molar-refractivity contribution in [2.75, 3.05) is 11.1 Å². The van der Waals surface area contributed by atoms with E-state index in [1.807, 2.05) is 10.6 Å². The topological polar surface area (TPSA) is 68.2 Å². The summed E-state index contributed by atoms with van der Waals surface area (Å²) < 4.78 is 1.88. The van der Waals surface area contributed by atoms with Crippen molar-refractivity contribution < 1.29 is 0 Å². The lowest BCUT2D eigenvalue weighted by molar-refractivity contribution is 0.787. The van der Waals surface area contributed by atoms with Gasteiger partial charge in [0.25, 0.3) is 0 Å². The summed E-state index contributed by atoms with van der Waals surface area (Å²) in [5, 5.41) is 7.63. The van der Waals surface area contributed by atoms with E-state index >= 15 is 0 Å². The predicted molar refractivity (Wildman–Crippen MR) is 78.5 cm³/mol. The molecule has 3 N–H and O–H groups in total. The molecule has 0 aliphatic carbocycles. The highest BCUT2D eigenvalue weighted by Crippen LogP contribution is 2.17. The molecule has 5 nitrogen and oxygen atoms in total. The van der Waals surface area contributed by atoms with Crippen molar-refractivity contribution in [3.05, 3.63) is 41.0 Å². The minimum Gasteiger partial charge on any atom is -0.382 e. The van der Waals surface area contributed by atoms with E-state index in [1.54, 1.807) is 23.7 Å². The summed E-state index contributed by atoms with van der Waals surface area (Å²) in [4.78, 5) is 8.62. The number of hydrogen-bond donors (Lipinski definition) is 2. The second-order valence-corrected chi connectivity index (χ2v) is 5.33. The molecular formula is C13H15N5S. The van der Waals surface area contributed by atoms with Gasteiger partial charge in [0.1, 0.15) is 5.82 Å². The normalized spacial score (nSPS) is 12.7. The Bertz CT molecular complexity index is 673. The number of anilines is 2. The standard InChI is InChI=1S/C13H15N5S/c1-9(6-10-2-5-19-8-10)16-12-13-15-3-4-18(13)7-11(14)17-12/h2-5,7-9H,6,14H2,1H3,(H,16,17). The Balaban J connectivity index is 1.82. The summed E-state index contributed by atoms with van der Waals surface area (Å²) in [6.07, 6.45) is 6.32. The number of aromatic nitrogens is 3. The molecule has 3 aromatic heterocycles. The van der Waals surface area contributed by atoms with Crippen LogP contribution < -0.4 is 11.1 Å². The molecule has 0 radical (unpaired) electrons. The zero-order valence-corrected chi connectivity index (χ0v) is 11.4. The molecule has 0 aliphatic heterocycles. The Morgan fingerprint density at radius 2 is 2.42 bits per heavy atom. The van der Waals surface area contributed by atoms with Crippen LogP contribution in [0.3, 0.4) is 0 Å². The Kier molecular flexibility index (Phi) is 3.08.